The Balaban J connectivity index is 1.59. The molecule has 0 unspecified atom stereocenters. The molecule has 0 aliphatic heterocycles. The normalized spacial score (nSPS) is 10.4. The van der Waals surface area contributed by atoms with E-state index in [2.05, 4.69) is 25.6 Å². The predicted molar refractivity (Wildman–Crippen MR) is 101 cm³/mol. The first-order chi connectivity index (χ1) is 13.1. The van der Waals surface area contributed by atoms with Crippen molar-refractivity contribution in [1.29, 1.82) is 0 Å². The van der Waals surface area contributed by atoms with Crippen LogP contribution in [0, 0.1) is 12.7 Å². The van der Waals surface area contributed by atoms with Crippen LogP contribution >= 0.6 is 0 Å². The molecule has 0 radical (unpaired) electrons. The SMILES string of the molecule is Cc1nc(NCc2ccncc2)cc(C(=O)NCCc2ccccc2F)n1. The summed E-state index contributed by atoms with van der Waals surface area (Å²) in [6, 6.07) is 11.9. The number of aryl methyl sites for hydroxylation is 1. The Morgan fingerprint density at radius 3 is 2.67 bits per heavy atom. The van der Waals surface area contributed by atoms with Crippen molar-refractivity contribution in [3.8, 4) is 0 Å². The predicted octanol–water partition coefficient (Wildman–Crippen LogP) is 2.90. The highest BCUT2D eigenvalue weighted by atomic mass is 19.1. The average molecular weight is 365 g/mol. The van der Waals surface area contributed by atoms with E-state index in [0.29, 0.717) is 36.7 Å². The van der Waals surface area contributed by atoms with Crippen LogP contribution in [0.15, 0.2) is 54.9 Å². The van der Waals surface area contributed by atoms with Crippen molar-refractivity contribution >= 4 is 11.7 Å². The van der Waals surface area contributed by atoms with Gasteiger partial charge in [0.15, 0.2) is 0 Å². The first-order valence-electron chi connectivity index (χ1n) is 8.62. The highest BCUT2D eigenvalue weighted by Crippen LogP contribution is 2.10. The van der Waals surface area contributed by atoms with Gasteiger partial charge in [0.2, 0.25) is 0 Å². The zero-order chi connectivity index (χ0) is 19.1. The van der Waals surface area contributed by atoms with Gasteiger partial charge in [0, 0.05) is 31.5 Å². The van der Waals surface area contributed by atoms with Crippen LogP contribution in [0.4, 0.5) is 10.2 Å². The maximum absolute atomic E-state index is 13.6. The Kier molecular flexibility index (Phi) is 6.04. The van der Waals surface area contributed by atoms with E-state index in [4.69, 9.17) is 0 Å². The van der Waals surface area contributed by atoms with E-state index < -0.39 is 0 Å². The molecule has 6 nitrogen and oxygen atoms in total. The minimum Gasteiger partial charge on any atom is -0.366 e. The molecule has 2 N–H and O–H groups in total. The molecule has 2 aromatic heterocycles. The molecule has 0 bridgehead atoms. The van der Waals surface area contributed by atoms with Gasteiger partial charge in [-0.05, 0) is 42.7 Å². The minimum absolute atomic E-state index is 0.271. The number of halogens is 1. The third kappa shape index (κ3) is 5.31. The third-order valence-corrected chi connectivity index (χ3v) is 3.93. The molecular formula is C20H20FN5O. The molecule has 3 rings (SSSR count). The van der Waals surface area contributed by atoms with Crippen LogP contribution in [0.2, 0.25) is 0 Å². The minimum atomic E-state index is -0.316. The van der Waals surface area contributed by atoms with Crippen molar-refractivity contribution in [3.05, 3.63) is 83.3 Å². The van der Waals surface area contributed by atoms with Crippen LogP contribution in [-0.4, -0.2) is 27.4 Å². The molecule has 0 aliphatic carbocycles. The number of pyridine rings is 1. The molecule has 7 heteroatoms. The zero-order valence-electron chi connectivity index (χ0n) is 14.9. The van der Waals surface area contributed by atoms with Crippen LogP contribution in [0.5, 0.6) is 0 Å². The Hall–Kier alpha value is -3.35. The maximum atomic E-state index is 13.6. The van der Waals surface area contributed by atoms with Crippen molar-refractivity contribution in [2.75, 3.05) is 11.9 Å². The lowest BCUT2D eigenvalue weighted by Gasteiger charge is -2.09. The standard InChI is InChI=1S/C20H20FN5O/c1-14-25-18(12-19(26-14)24-13-15-6-9-22-10-7-15)20(27)23-11-8-16-4-2-3-5-17(16)21/h2-7,9-10,12H,8,11,13H2,1H3,(H,23,27)(H,24,25,26). The van der Waals surface area contributed by atoms with Crippen LogP contribution in [0.3, 0.4) is 0 Å². The van der Waals surface area contributed by atoms with Gasteiger partial charge in [-0.15, -0.1) is 0 Å². The average Bonchev–Trinajstić information content (AvgIpc) is 2.68. The molecule has 0 atom stereocenters. The largest absolute Gasteiger partial charge is 0.366 e. The highest BCUT2D eigenvalue weighted by Gasteiger charge is 2.11. The third-order valence-electron chi connectivity index (χ3n) is 3.93. The summed E-state index contributed by atoms with van der Waals surface area (Å²) in [7, 11) is 0. The fourth-order valence-corrected chi connectivity index (χ4v) is 2.57. The number of carbonyl (C=O) groups is 1. The summed E-state index contributed by atoms with van der Waals surface area (Å²) >= 11 is 0. The molecule has 0 fully saturated rings. The van der Waals surface area contributed by atoms with E-state index in [1.165, 1.54) is 6.07 Å². The van der Waals surface area contributed by atoms with Gasteiger partial charge in [0.1, 0.15) is 23.2 Å². The Labute approximate surface area is 156 Å². The fraction of sp³-hybridized carbons (Fsp3) is 0.200. The van der Waals surface area contributed by atoms with E-state index in [1.807, 2.05) is 12.1 Å². The lowest BCUT2D eigenvalue weighted by Crippen LogP contribution is -2.27. The van der Waals surface area contributed by atoms with Crippen molar-refractivity contribution < 1.29 is 9.18 Å². The second kappa shape index (κ2) is 8.84. The molecule has 0 aliphatic rings. The number of hydrogen-bond acceptors (Lipinski definition) is 5. The van der Waals surface area contributed by atoms with Gasteiger partial charge in [0.25, 0.3) is 5.91 Å². The van der Waals surface area contributed by atoms with Gasteiger partial charge in [0.05, 0.1) is 0 Å². The maximum Gasteiger partial charge on any atom is 0.270 e. The van der Waals surface area contributed by atoms with Gasteiger partial charge in [-0.1, -0.05) is 18.2 Å². The van der Waals surface area contributed by atoms with Crippen molar-refractivity contribution in [1.82, 2.24) is 20.3 Å². The van der Waals surface area contributed by atoms with Gasteiger partial charge in [-0.3, -0.25) is 9.78 Å². The Morgan fingerprint density at radius 1 is 1.11 bits per heavy atom. The van der Waals surface area contributed by atoms with Crippen LogP contribution < -0.4 is 10.6 Å². The van der Waals surface area contributed by atoms with Crippen molar-refractivity contribution in [2.45, 2.75) is 19.9 Å². The number of nitrogens with zero attached hydrogens (tertiary/aromatic N) is 3. The molecule has 0 spiro atoms. The summed E-state index contributed by atoms with van der Waals surface area (Å²) < 4.78 is 13.6. The van der Waals surface area contributed by atoms with Crippen molar-refractivity contribution in [2.24, 2.45) is 0 Å². The first kappa shape index (κ1) is 18.4. The summed E-state index contributed by atoms with van der Waals surface area (Å²) in [6.45, 7) is 2.61. The topological polar surface area (TPSA) is 79.8 Å². The number of hydrogen-bond donors (Lipinski definition) is 2. The molecule has 2 heterocycles. The number of benzene rings is 1. The second-order valence-corrected chi connectivity index (χ2v) is 5.99. The number of rotatable bonds is 7. The Morgan fingerprint density at radius 2 is 1.89 bits per heavy atom. The second-order valence-electron chi connectivity index (χ2n) is 5.99. The molecule has 1 amide bonds. The van der Waals surface area contributed by atoms with E-state index >= 15 is 0 Å². The summed E-state index contributed by atoms with van der Waals surface area (Å²) in [5.74, 6) is 0.476. The van der Waals surface area contributed by atoms with Crippen LogP contribution in [0.1, 0.15) is 27.4 Å². The molecule has 27 heavy (non-hydrogen) atoms. The highest BCUT2D eigenvalue weighted by molar-refractivity contribution is 5.92. The smallest absolute Gasteiger partial charge is 0.270 e. The van der Waals surface area contributed by atoms with Crippen LogP contribution in [-0.2, 0) is 13.0 Å². The fourth-order valence-electron chi connectivity index (χ4n) is 2.57. The van der Waals surface area contributed by atoms with Gasteiger partial charge >= 0.3 is 0 Å². The molecule has 138 valence electrons. The first-order valence-corrected chi connectivity index (χ1v) is 8.62. The van der Waals surface area contributed by atoms with Gasteiger partial charge in [-0.25, -0.2) is 14.4 Å². The number of nitrogens with one attached hydrogen (secondary N) is 2. The Bertz CT molecular complexity index is 917. The molecule has 1 aromatic carbocycles. The quantitative estimate of drug-likeness (QED) is 0.673. The molecule has 0 saturated carbocycles. The summed E-state index contributed by atoms with van der Waals surface area (Å²) in [5.41, 5.74) is 1.89. The lowest BCUT2D eigenvalue weighted by atomic mass is 10.1. The zero-order valence-corrected chi connectivity index (χ0v) is 14.9. The van der Waals surface area contributed by atoms with Crippen molar-refractivity contribution in [3.63, 3.8) is 0 Å². The molecule has 0 saturated heterocycles. The van der Waals surface area contributed by atoms with Crippen LogP contribution in [0.25, 0.3) is 0 Å². The summed E-state index contributed by atoms with van der Waals surface area (Å²) in [4.78, 5) is 24.8. The van der Waals surface area contributed by atoms with E-state index in [1.54, 1.807) is 43.6 Å². The lowest BCUT2D eigenvalue weighted by molar-refractivity contribution is 0.0948. The molecular weight excluding hydrogens is 345 g/mol. The number of carbonyl (C=O) groups excluding carboxylic acids is 1. The number of aromatic nitrogens is 3. The van der Waals surface area contributed by atoms with E-state index in [9.17, 15) is 9.18 Å². The summed E-state index contributed by atoms with van der Waals surface area (Å²) in [5, 5.41) is 5.95. The molecule has 3 aromatic rings. The van der Waals surface area contributed by atoms with Gasteiger partial charge in [-0.2, -0.15) is 0 Å². The summed E-state index contributed by atoms with van der Waals surface area (Å²) in [6.07, 6.45) is 3.85. The number of anilines is 1. The number of amides is 1. The monoisotopic (exact) mass is 365 g/mol. The van der Waals surface area contributed by atoms with Gasteiger partial charge < -0.3 is 10.6 Å². The van der Waals surface area contributed by atoms with E-state index in [0.717, 1.165) is 5.56 Å². The van der Waals surface area contributed by atoms with E-state index in [-0.39, 0.29) is 17.4 Å².